The van der Waals surface area contributed by atoms with Crippen molar-refractivity contribution < 1.29 is 9.53 Å². The van der Waals surface area contributed by atoms with Crippen LogP contribution in [-0.2, 0) is 11.2 Å². The first kappa shape index (κ1) is 23.1. The maximum absolute atomic E-state index is 13.1. The zero-order chi connectivity index (χ0) is 22.4. The Balaban J connectivity index is 1.78. The van der Waals surface area contributed by atoms with E-state index in [4.69, 9.17) is 27.9 Å². The van der Waals surface area contributed by atoms with Gasteiger partial charge in [-0.3, -0.25) is 9.78 Å². The van der Waals surface area contributed by atoms with E-state index in [0.29, 0.717) is 15.8 Å². The molecule has 1 amide bonds. The lowest BCUT2D eigenvalue weighted by Gasteiger charge is -2.31. The Morgan fingerprint density at radius 3 is 2.10 bits per heavy atom. The highest BCUT2D eigenvalue weighted by Crippen LogP contribution is 2.27. The highest BCUT2D eigenvalue weighted by atomic mass is 35.5. The van der Waals surface area contributed by atoms with Gasteiger partial charge in [0.2, 0.25) is 0 Å². The second-order valence-corrected chi connectivity index (χ2v) is 8.92. The molecule has 31 heavy (non-hydrogen) atoms. The minimum atomic E-state index is -1.04. The number of ether oxygens (including phenoxy) is 1. The Morgan fingerprint density at radius 1 is 0.968 bits per heavy atom. The highest BCUT2D eigenvalue weighted by Gasteiger charge is 2.33. The number of carbonyl (C=O) groups is 1. The van der Waals surface area contributed by atoms with Crippen LogP contribution in [0, 0.1) is 0 Å². The number of halogens is 2. The van der Waals surface area contributed by atoms with Gasteiger partial charge in [-0.15, -0.1) is 0 Å². The summed E-state index contributed by atoms with van der Waals surface area (Å²) >= 11 is 12.1. The number of aromatic nitrogens is 1. The van der Waals surface area contributed by atoms with Crippen LogP contribution in [-0.4, -0.2) is 22.5 Å². The third-order valence-electron chi connectivity index (χ3n) is 5.20. The second-order valence-electron chi connectivity index (χ2n) is 8.05. The fourth-order valence-corrected chi connectivity index (χ4v) is 3.65. The van der Waals surface area contributed by atoms with Gasteiger partial charge < -0.3 is 10.1 Å². The molecule has 162 valence electrons. The largest absolute Gasteiger partial charge is 0.478 e. The summed E-state index contributed by atoms with van der Waals surface area (Å²) in [5, 5.41) is 4.52. The van der Waals surface area contributed by atoms with Gasteiger partial charge in [0.25, 0.3) is 5.91 Å². The molecule has 2 aromatic carbocycles. The molecule has 1 heterocycles. The SMILES string of the molecule is CC(NC(=O)C(C)(C)Oc1ccncc1)C(Cc1ccc(Cl)cc1)c1ccc(Cl)cc1. The van der Waals surface area contributed by atoms with Crippen LogP contribution in [0.15, 0.2) is 73.1 Å². The fourth-order valence-electron chi connectivity index (χ4n) is 3.40. The van der Waals surface area contributed by atoms with E-state index in [9.17, 15) is 4.79 Å². The molecule has 0 aliphatic carbocycles. The van der Waals surface area contributed by atoms with E-state index < -0.39 is 5.60 Å². The number of carbonyl (C=O) groups excluding carboxylic acids is 1. The van der Waals surface area contributed by atoms with Gasteiger partial charge in [0, 0.05) is 34.4 Å². The zero-order valence-corrected chi connectivity index (χ0v) is 19.3. The van der Waals surface area contributed by atoms with Crippen molar-refractivity contribution in [2.75, 3.05) is 0 Å². The summed E-state index contributed by atoms with van der Waals surface area (Å²) in [4.78, 5) is 17.1. The summed E-state index contributed by atoms with van der Waals surface area (Å²) in [5.74, 6) is 0.448. The van der Waals surface area contributed by atoms with Crippen LogP contribution in [0.5, 0.6) is 5.75 Å². The third-order valence-corrected chi connectivity index (χ3v) is 5.70. The lowest BCUT2D eigenvalue weighted by molar-refractivity contribution is -0.135. The maximum Gasteiger partial charge on any atom is 0.263 e. The summed E-state index contributed by atoms with van der Waals surface area (Å²) in [7, 11) is 0. The van der Waals surface area contributed by atoms with Crippen LogP contribution in [0.4, 0.5) is 0 Å². The molecule has 3 rings (SSSR count). The van der Waals surface area contributed by atoms with Gasteiger partial charge in [-0.05, 0) is 74.7 Å². The lowest BCUT2D eigenvalue weighted by atomic mass is 9.86. The molecule has 1 N–H and O–H groups in total. The number of pyridine rings is 1. The molecule has 6 heteroatoms. The Bertz CT molecular complexity index is 990. The fraction of sp³-hybridized carbons (Fsp3) is 0.280. The van der Waals surface area contributed by atoms with E-state index >= 15 is 0 Å². The Labute approximate surface area is 193 Å². The molecule has 0 aliphatic heterocycles. The molecule has 0 saturated heterocycles. The number of amides is 1. The first-order chi connectivity index (χ1) is 14.7. The molecule has 1 aromatic heterocycles. The van der Waals surface area contributed by atoms with Gasteiger partial charge in [-0.25, -0.2) is 0 Å². The first-order valence-corrected chi connectivity index (χ1v) is 10.9. The van der Waals surface area contributed by atoms with Gasteiger partial charge >= 0.3 is 0 Å². The van der Waals surface area contributed by atoms with Crippen LogP contribution < -0.4 is 10.1 Å². The van der Waals surface area contributed by atoms with Gasteiger partial charge in [-0.1, -0.05) is 47.5 Å². The molecular formula is C25H26Cl2N2O2. The molecule has 0 saturated carbocycles. The van der Waals surface area contributed by atoms with Crippen molar-refractivity contribution in [3.05, 3.63) is 94.2 Å². The molecule has 2 unspecified atom stereocenters. The zero-order valence-electron chi connectivity index (χ0n) is 17.8. The Kier molecular flexibility index (Phi) is 7.58. The standard InChI is InChI=1S/C25H26Cl2N2O2/c1-17(29-24(30)25(2,3)31-22-12-14-28-15-13-22)23(19-6-10-21(27)11-7-19)16-18-4-8-20(26)9-5-18/h4-15,17,23H,16H2,1-3H3,(H,29,30). The van der Waals surface area contributed by atoms with E-state index in [0.717, 1.165) is 17.5 Å². The molecule has 0 radical (unpaired) electrons. The number of rotatable bonds is 8. The summed E-state index contributed by atoms with van der Waals surface area (Å²) in [6.07, 6.45) is 4.01. The van der Waals surface area contributed by atoms with Crippen LogP contribution in [0.25, 0.3) is 0 Å². The number of hydrogen-bond donors (Lipinski definition) is 1. The second kappa shape index (κ2) is 10.2. The number of hydrogen-bond acceptors (Lipinski definition) is 3. The lowest BCUT2D eigenvalue weighted by Crippen LogP contribution is -2.51. The quantitative estimate of drug-likeness (QED) is 0.446. The predicted octanol–water partition coefficient (Wildman–Crippen LogP) is 6.08. The molecule has 0 bridgehead atoms. The van der Waals surface area contributed by atoms with E-state index in [1.807, 2.05) is 55.5 Å². The monoisotopic (exact) mass is 456 g/mol. The smallest absolute Gasteiger partial charge is 0.263 e. The van der Waals surface area contributed by atoms with Gasteiger partial charge in [0.1, 0.15) is 5.75 Å². The topological polar surface area (TPSA) is 51.2 Å². The number of benzene rings is 2. The van der Waals surface area contributed by atoms with Gasteiger partial charge in [0.05, 0.1) is 0 Å². The van der Waals surface area contributed by atoms with Crippen molar-refractivity contribution in [3.63, 3.8) is 0 Å². The van der Waals surface area contributed by atoms with Crippen LogP contribution in [0.1, 0.15) is 37.8 Å². The average Bonchev–Trinajstić information content (AvgIpc) is 2.74. The van der Waals surface area contributed by atoms with Crippen LogP contribution in [0.3, 0.4) is 0 Å². The Morgan fingerprint density at radius 2 is 1.52 bits per heavy atom. The van der Waals surface area contributed by atoms with Crippen molar-refractivity contribution >= 4 is 29.1 Å². The molecule has 0 spiro atoms. The van der Waals surface area contributed by atoms with Crippen LogP contribution in [0.2, 0.25) is 10.0 Å². The maximum atomic E-state index is 13.1. The highest BCUT2D eigenvalue weighted by molar-refractivity contribution is 6.30. The van der Waals surface area contributed by atoms with Crippen molar-refractivity contribution in [3.8, 4) is 5.75 Å². The van der Waals surface area contributed by atoms with E-state index in [2.05, 4.69) is 10.3 Å². The molecule has 0 aliphatic rings. The minimum Gasteiger partial charge on any atom is -0.478 e. The van der Waals surface area contributed by atoms with Crippen molar-refractivity contribution in [1.29, 1.82) is 0 Å². The van der Waals surface area contributed by atoms with E-state index in [-0.39, 0.29) is 17.9 Å². The summed E-state index contributed by atoms with van der Waals surface area (Å²) in [5.41, 5.74) is 1.19. The van der Waals surface area contributed by atoms with Crippen LogP contribution >= 0.6 is 23.2 Å². The predicted molar refractivity (Wildman–Crippen MR) is 126 cm³/mol. The number of nitrogens with one attached hydrogen (secondary N) is 1. The molecule has 3 aromatic rings. The average molecular weight is 457 g/mol. The van der Waals surface area contributed by atoms with E-state index in [1.165, 1.54) is 0 Å². The van der Waals surface area contributed by atoms with Crippen molar-refractivity contribution in [1.82, 2.24) is 10.3 Å². The normalized spacial score (nSPS) is 13.3. The molecule has 0 fully saturated rings. The van der Waals surface area contributed by atoms with E-state index in [1.54, 1.807) is 38.4 Å². The summed E-state index contributed by atoms with van der Waals surface area (Å²) < 4.78 is 5.91. The van der Waals surface area contributed by atoms with Crippen molar-refractivity contribution in [2.45, 2.75) is 44.8 Å². The van der Waals surface area contributed by atoms with Gasteiger partial charge in [0.15, 0.2) is 5.60 Å². The van der Waals surface area contributed by atoms with Crippen molar-refractivity contribution in [2.24, 2.45) is 0 Å². The molecular weight excluding hydrogens is 431 g/mol. The van der Waals surface area contributed by atoms with Gasteiger partial charge in [-0.2, -0.15) is 0 Å². The third kappa shape index (κ3) is 6.46. The summed E-state index contributed by atoms with van der Waals surface area (Å²) in [6.45, 7) is 5.52. The number of nitrogens with zero attached hydrogens (tertiary/aromatic N) is 1. The minimum absolute atomic E-state index is 0.0408. The summed E-state index contributed by atoms with van der Waals surface area (Å²) in [6, 6.07) is 18.8. The molecule has 2 atom stereocenters. The molecule has 4 nitrogen and oxygen atoms in total. The first-order valence-electron chi connectivity index (χ1n) is 10.1. The Hall–Kier alpha value is -2.56.